The zero-order valence-corrected chi connectivity index (χ0v) is 26.2. The van der Waals surface area contributed by atoms with E-state index in [2.05, 4.69) is 17.6 Å². The predicted octanol–water partition coefficient (Wildman–Crippen LogP) is 5.86. The molecule has 0 spiro atoms. The molecule has 230 valence electrons. The molecule has 4 N–H and O–H groups in total. The molecular weight excluding hydrogens is 532 g/mol. The van der Waals surface area contributed by atoms with E-state index in [9.17, 15) is 19.2 Å². The van der Waals surface area contributed by atoms with Crippen LogP contribution in [0.3, 0.4) is 0 Å². The normalized spacial score (nSPS) is 12.6. The van der Waals surface area contributed by atoms with Crippen LogP contribution in [0.2, 0.25) is 0 Å². The number of benzene rings is 2. The van der Waals surface area contributed by atoms with Gasteiger partial charge in [-0.3, -0.25) is 14.4 Å². The lowest BCUT2D eigenvalue weighted by Gasteiger charge is -2.36. The minimum Gasteiger partial charge on any atom is -0.444 e. The minimum absolute atomic E-state index is 0.0300. The zero-order chi connectivity index (χ0) is 31.4. The molecule has 0 fully saturated rings. The highest BCUT2D eigenvalue weighted by Gasteiger charge is 2.37. The summed E-state index contributed by atoms with van der Waals surface area (Å²) in [6.07, 6.45) is 2.57. The third-order valence-corrected chi connectivity index (χ3v) is 6.98. The Balaban J connectivity index is 2.63. The topological polar surface area (TPSA) is 131 Å². The van der Waals surface area contributed by atoms with E-state index >= 15 is 0 Å². The number of ether oxygens (including phenoxy) is 1. The standard InChI is InChI=1S/C33H48N4O5/c1-8-9-10-13-21-37(31(40)26(19-20-27(34)38)36-32(41)42-33(5,6)7)29(28-23(3)16-14-17-24(28)4)30(39)35-25-18-12-11-15-22(25)2/h11-12,14-18,26,29H,8-10,13,19-21H2,1-7H3,(H2,34,38)(H,35,39)(H,36,41). The number of alkyl carbamates (subject to hydrolysis) is 1. The lowest BCUT2D eigenvalue weighted by molar-refractivity contribution is -0.141. The van der Waals surface area contributed by atoms with Crippen LogP contribution in [0.25, 0.3) is 0 Å². The highest BCUT2D eigenvalue weighted by Crippen LogP contribution is 2.31. The van der Waals surface area contributed by atoms with Crippen LogP contribution in [-0.2, 0) is 19.1 Å². The fraction of sp³-hybridized carbons (Fsp3) is 0.515. The smallest absolute Gasteiger partial charge is 0.408 e. The number of amides is 4. The Morgan fingerprint density at radius 3 is 2.10 bits per heavy atom. The van der Waals surface area contributed by atoms with Crippen LogP contribution in [0.15, 0.2) is 42.5 Å². The summed E-state index contributed by atoms with van der Waals surface area (Å²) >= 11 is 0. The van der Waals surface area contributed by atoms with E-state index in [-0.39, 0.29) is 25.3 Å². The van der Waals surface area contributed by atoms with E-state index in [4.69, 9.17) is 10.5 Å². The molecule has 42 heavy (non-hydrogen) atoms. The summed E-state index contributed by atoms with van der Waals surface area (Å²) in [5, 5.41) is 5.69. The first-order chi connectivity index (χ1) is 19.7. The van der Waals surface area contributed by atoms with Crippen LogP contribution in [0.4, 0.5) is 10.5 Å². The van der Waals surface area contributed by atoms with Crippen molar-refractivity contribution >= 4 is 29.5 Å². The van der Waals surface area contributed by atoms with Crippen molar-refractivity contribution in [1.29, 1.82) is 0 Å². The monoisotopic (exact) mass is 580 g/mol. The second-order valence-electron chi connectivity index (χ2n) is 11.8. The van der Waals surface area contributed by atoms with E-state index in [1.165, 1.54) is 0 Å². The van der Waals surface area contributed by atoms with Crippen LogP contribution < -0.4 is 16.4 Å². The number of aryl methyl sites for hydroxylation is 3. The summed E-state index contributed by atoms with van der Waals surface area (Å²) in [4.78, 5) is 54.7. The molecule has 2 aromatic rings. The van der Waals surface area contributed by atoms with Crippen molar-refractivity contribution in [1.82, 2.24) is 10.2 Å². The summed E-state index contributed by atoms with van der Waals surface area (Å²) in [6, 6.07) is 11.1. The molecule has 0 aliphatic heterocycles. The van der Waals surface area contributed by atoms with Crippen LogP contribution in [0.1, 0.15) is 94.5 Å². The van der Waals surface area contributed by atoms with Crippen molar-refractivity contribution in [2.45, 2.75) is 105 Å². The van der Waals surface area contributed by atoms with Crippen molar-refractivity contribution in [3.8, 4) is 0 Å². The van der Waals surface area contributed by atoms with Crippen molar-refractivity contribution in [3.63, 3.8) is 0 Å². The molecule has 0 radical (unpaired) electrons. The molecule has 0 aliphatic carbocycles. The fourth-order valence-corrected chi connectivity index (χ4v) is 4.87. The summed E-state index contributed by atoms with van der Waals surface area (Å²) in [7, 11) is 0. The van der Waals surface area contributed by atoms with Gasteiger partial charge >= 0.3 is 6.09 Å². The Morgan fingerprint density at radius 2 is 1.52 bits per heavy atom. The molecule has 9 heteroatoms. The van der Waals surface area contributed by atoms with Crippen LogP contribution in [0.5, 0.6) is 0 Å². The summed E-state index contributed by atoms with van der Waals surface area (Å²) in [6.45, 7) is 13.3. The van der Waals surface area contributed by atoms with Gasteiger partial charge < -0.3 is 26.0 Å². The molecule has 4 amide bonds. The van der Waals surface area contributed by atoms with Crippen molar-refractivity contribution in [3.05, 3.63) is 64.7 Å². The van der Waals surface area contributed by atoms with Gasteiger partial charge in [0.05, 0.1) is 0 Å². The van der Waals surface area contributed by atoms with Crippen LogP contribution in [-0.4, -0.2) is 46.9 Å². The number of nitrogens with one attached hydrogen (secondary N) is 2. The highest BCUT2D eigenvalue weighted by molar-refractivity contribution is 6.00. The van der Waals surface area contributed by atoms with E-state index in [1.54, 1.807) is 25.7 Å². The number of carbonyl (C=O) groups is 4. The van der Waals surface area contributed by atoms with Gasteiger partial charge in [-0.05, 0) is 82.7 Å². The molecule has 2 unspecified atom stereocenters. The van der Waals surface area contributed by atoms with Gasteiger partial charge in [0, 0.05) is 18.7 Å². The van der Waals surface area contributed by atoms with E-state index in [0.717, 1.165) is 41.5 Å². The number of hydrogen-bond donors (Lipinski definition) is 3. The van der Waals surface area contributed by atoms with Gasteiger partial charge in [0.15, 0.2) is 0 Å². The van der Waals surface area contributed by atoms with Gasteiger partial charge in [-0.1, -0.05) is 62.6 Å². The molecule has 0 aromatic heterocycles. The molecule has 0 saturated heterocycles. The Hall–Kier alpha value is -3.88. The Kier molecular flexibility index (Phi) is 13.0. The maximum absolute atomic E-state index is 14.4. The van der Waals surface area contributed by atoms with E-state index in [1.807, 2.05) is 63.2 Å². The lowest BCUT2D eigenvalue weighted by Crippen LogP contribution is -2.53. The molecule has 2 rings (SSSR count). The SMILES string of the molecule is CCCCCCN(C(=O)C(CCC(N)=O)NC(=O)OC(C)(C)C)C(C(=O)Nc1ccccc1C)c1c(C)cccc1C. The summed E-state index contributed by atoms with van der Waals surface area (Å²) < 4.78 is 5.42. The van der Waals surface area contributed by atoms with Crippen molar-refractivity contribution < 1.29 is 23.9 Å². The number of carbonyl (C=O) groups excluding carboxylic acids is 4. The number of para-hydroxylation sites is 1. The molecule has 0 aliphatic rings. The average Bonchev–Trinajstić information content (AvgIpc) is 2.89. The molecular formula is C33H48N4O5. The maximum Gasteiger partial charge on any atom is 0.408 e. The number of nitrogens with zero attached hydrogens (tertiary/aromatic N) is 1. The fourth-order valence-electron chi connectivity index (χ4n) is 4.87. The first kappa shape index (κ1) is 34.3. The molecule has 9 nitrogen and oxygen atoms in total. The number of nitrogens with two attached hydrogens (primary N) is 1. The number of primary amides is 1. The van der Waals surface area contributed by atoms with E-state index < -0.39 is 35.6 Å². The van der Waals surface area contributed by atoms with Crippen LogP contribution in [0, 0.1) is 20.8 Å². The summed E-state index contributed by atoms with van der Waals surface area (Å²) in [5.74, 6) is -1.44. The third kappa shape index (κ3) is 10.5. The Labute approximate surface area is 250 Å². The number of rotatable bonds is 14. The zero-order valence-electron chi connectivity index (χ0n) is 26.2. The van der Waals surface area contributed by atoms with Gasteiger partial charge in [-0.2, -0.15) is 0 Å². The molecule has 0 bridgehead atoms. The largest absolute Gasteiger partial charge is 0.444 e. The highest BCUT2D eigenvalue weighted by atomic mass is 16.6. The third-order valence-electron chi connectivity index (χ3n) is 6.98. The van der Waals surface area contributed by atoms with Crippen LogP contribution >= 0.6 is 0 Å². The second kappa shape index (κ2) is 15.9. The van der Waals surface area contributed by atoms with Gasteiger partial charge in [0.2, 0.25) is 11.8 Å². The average molecular weight is 581 g/mol. The van der Waals surface area contributed by atoms with Gasteiger partial charge in [0.25, 0.3) is 5.91 Å². The van der Waals surface area contributed by atoms with Gasteiger partial charge in [-0.15, -0.1) is 0 Å². The maximum atomic E-state index is 14.4. The first-order valence-electron chi connectivity index (χ1n) is 14.8. The van der Waals surface area contributed by atoms with E-state index in [0.29, 0.717) is 12.1 Å². The second-order valence-corrected chi connectivity index (χ2v) is 11.8. The first-order valence-corrected chi connectivity index (χ1v) is 14.8. The van der Waals surface area contributed by atoms with Gasteiger partial charge in [-0.25, -0.2) is 4.79 Å². The number of anilines is 1. The molecule has 0 saturated carbocycles. The molecule has 0 heterocycles. The molecule has 2 aromatic carbocycles. The number of unbranched alkanes of at least 4 members (excludes halogenated alkanes) is 3. The van der Waals surface area contributed by atoms with Gasteiger partial charge in [0.1, 0.15) is 17.7 Å². The van der Waals surface area contributed by atoms with Crippen molar-refractivity contribution in [2.75, 3.05) is 11.9 Å². The quantitative estimate of drug-likeness (QED) is 0.241. The van der Waals surface area contributed by atoms with Crippen molar-refractivity contribution in [2.24, 2.45) is 5.73 Å². The Bertz CT molecular complexity index is 1220. The number of hydrogen-bond acceptors (Lipinski definition) is 5. The summed E-state index contributed by atoms with van der Waals surface area (Å²) in [5.41, 5.74) is 8.61. The Morgan fingerprint density at radius 1 is 0.905 bits per heavy atom. The molecule has 2 atom stereocenters. The lowest BCUT2D eigenvalue weighted by atomic mass is 9.93. The minimum atomic E-state index is -1.13. The predicted molar refractivity (Wildman–Crippen MR) is 166 cm³/mol.